The minimum atomic E-state index is -0.782. The van der Waals surface area contributed by atoms with Gasteiger partial charge in [0, 0.05) is 18.5 Å². The number of benzene rings is 2. The highest BCUT2D eigenvalue weighted by Crippen LogP contribution is 2.52. The lowest BCUT2D eigenvalue weighted by Crippen LogP contribution is -2.35. The van der Waals surface area contributed by atoms with Crippen molar-refractivity contribution in [3.05, 3.63) is 77.9 Å². The van der Waals surface area contributed by atoms with Gasteiger partial charge in [0.05, 0.1) is 12.0 Å². The Hall–Kier alpha value is -3.41. The molecule has 1 aliphatic heterocycles. The zero-order valence-electron chi connectivity index (χ0n) is 17.5. The van der Waals surface area contributed by atoms with E-state index in [-0.39, 0.29) is 23.7 Å². The molecule has 2 N–H and O–H groups in total. The Morgan fingerprint density at radius 1 is 1.16 bits per heavy atom. The maximum Gasteiger partial charge on any atom is 0.313 e. The van der Waals surface area contributed by atoms with Crippen LogP contribution in [-0.2, 0) is 25.5 Å². The number of ether oxygens (including phenoxy) is 1. The van der Waals surface area contributed by atoms with E-state index >= 15 is 0 Å². The van der Waals surface area contributed by atoms with Crippen molar-refractivity contribution in [3.63, 3.8) is 0 Å². The average Bonchev–Trinajstić information content (AvgIpc) is 3.22. The van der Waals surface area contributed by atoms with Gasteiger partial charge in [-0.1, -0.05) is 54.6 Å². The number of carbonyl (C=O) groups is 3. The molecule has 2 aromatic carbocycles. The van der Waals surface area contributed by atoms with Gasteiger partial charge in [-0.25, -0.2) is 0 Å². The molecule has 0 spiro atoms. The molecule has 0 aromatic heterocycles. The predicted molar refractivity (Wildman–Crippen MR) is 117 cm³/mol. The van der Waals surface area contributed by atoms with Crippen LogP contribution in [0.3, 0.4) is 0 Å². The maximum absolute atomic E-state index is 12.8. The summed E-state index contributed by atoms with van der Waals surface area (Å²) in [5.41, 5.74) is 2.94. The van der Waals surface area contributed by atoms with Crippen molar-refractivity contribution in [1.82, 2.24) is 5.32 Å². The van der Waals surface area contributed by atoms with Crippen LogP contribution >= 0.6 is 0 Å². The molecule has 2 fully saturated rings. The molecular formula is C25H26N2O4. The van der Waals surface area contributed by atoms with E-state index in [4.69, 9.17) is 4.74 Å². The number of carbonyl (C=O) groups excluding carboxylic acids is 3. The third-order valence-electron chi connectivity index (χ3n) is 6.19. The molecule has 2 aliphatic rings. The van der Waals surface area contributed by atoms with Gasteiger partial charge in [0.25, 0.3) is 5.91 Å². The summed E-state index contributed by atoms with van der Waals surface area (Å²) in [4.78, 5) is 36.9. The monoisotopic (exact) mass is 418 g/mol. The van der Waals surface area contributed by atoms with Crippen molar-refractivity contribution in [2.45, 2.75) is 32.2 Å². The molecule has 0 radical (unpaired) electrons. The first-order chi connectivity index (χ1) is 14.9. The van der Waals surface area contributed by atoms with Crippen molar-refractivity contribution in [2.75, 3.05) is 11.9 Å². The fraction of sp³-hybridized carbons (Fsp3) is 0.320. The molecule has 1 saturated heterocycles. The van der Waals surface area contributed by atoms with Gasteiger partial charge >= 0.3 is 5.97 Å². The Bertz CT molecular complexity index is 1020. The van der Waals surface area contributed by atoms with E-state index in [0.29, 0.717) is 30.7 Å². The van der Waals surface area contributed by atoms with E-state index in [9.17, 15) is 14.4 Å². The van der Waals surface area contributed by atoms with Gasteiger partial charge < -0.3 is 15.4 Å². The molecule has 2 aromatic rings. The first-order valence-corrected chi connectivity index (χ1v) is 10.4. The highest BCUT2D eigenvalue weighted by atomic mass is 16.5. The van der Waals surface area contributed by atoms with Crippen molar-refractivity contribution >= 4 is 23.5 Å². The molecule has 4 rings (SSSR count). The molecule has 6 nitrogen and oxygen atoms in total. The Kier molecular flexibility index (Phi) is 5.63. The molecule has 0 bridgehead atoms. The van der Waals surface area contributed by atoms with Crippen LogP contribution in [-0.4, -0.2) is 24.4 Å². The number of allylic oxidation sites excluding steroid dienone is 1. The van der Waals surface area contributed by atoms with E-state index in [1.165, 1.54) is 6.92 Å². The Morgan fingerprint density at radius 3 is 2.55 bits per heavy atom. The number of fused-ring (bicyclic) bond motifs is 1. The second-order valence-corrected chi connectivity index (χ2v) is 8.49. The summed E-state index contributed by atoms with van der Waals surface area (Å²) in [6.07, 6.45) is 2.11. The molecule has 1 aliphatic carbocycles. The maximum atomic E-state index is 12.8. The molecule has 1 heterocycles. The molecule has 31 heavy (non-hydrogen) atoms. The van der Waals surface area contributed by atoms with Gasteiger partial charge in [-0.05, 0) is 42.5 Å². The molecule has 3 unspecified atom stereocenters. The predicted octanol–water partition coefficient (Wildman–Crippen LogP) is 3.55. The second kappa shape index (κ2) is 8.38. The van der Waals surface area contributed by atoms with E-state index in [1.54, 1.807) is 12.1 Å². The Balaban J connectivity index is 1.47. The van der Waals surface area contributed by atoms with Crippen LogP contribution in [0.2, 0.25) is 0 Å². The van der Waals surface area contributed by atoms with Crippen LogP contribution in [0.5, 0.6) is 0 Å². The number of esters is 1. The van der Waals surface area contributed by atoms with Crippen LogP contribution in [0.25, 0.3) is 0 Å². The molecular weight excluding hydrogens is 392 g/mol. The lowest BCUT2D eigenvalue weighted by atomic mass is 9.75. The van der Waals surface area contributed by atoms with Crippen LogP contribution in [0.4, 0.5) is 5.69 Å². The third-order valence-corrected chi connectivity index (χ3v) is 6.19. The Labute approximate surface area is 181 Å². The van der Waals surface area contributed by atoms with Crippen LogP contribution in [0.1, 0.15) is 36.9 Å². The SMILES string of the molecule is C=C1CC2COC(=O)C2(Cc2ccc(NC(=O)C(NC(C)=O)c3ccccc3)cc2)C1. The number of nitrogens with one attached hydrogen (secondary N) is 2. The quantitative estimate of drug-likeness (QED) is 0.555. The van der Waals surface area contributed by atoms with Gasteiger partial charge in [-0.2, -0.15) is 0 Å². The standard InChI is InChI=1S/C25H26N2O4/c1-16-12-20-15-31-24(30)25(20,13-16)14-18-8-10-21(11-9-18)27-23(29)22(26-17(2)28)19-6-4-3-5-7-19/h3-11,20,22H,1,12-15H2,2H3,(H,26,28)(H,27,29). The van der Waals surface area contributed by atoms with Gasteiger partial charge in [0.15, 0.2) is 0 Å². The highest BCUT2D eigenvalue weighted by Gasteiger charge is 2.55. The van der Waals surface area contributed by atoms with E-state index in [0.717, 1.165) is 17.6 Å². The van der Waals surface area contributed by atoms with Crippen LogP contribution in [0.15, 0.2) is 66.7 Å². The van der Waals surface area contributed by atoms with Crippen molar-refractivity contribution in [3.8, 4) is 0 Å². The van der Waals surface area contributed by atoms with E-state index in [2.05, 4.69) is 17.2 Å². The molecule has 1 saturated carbocycles. The average molecular weight is 418 g/mol. The number of hydrogen-bond donors (Lipinski definition) is 2. The largest absolute Gasteiger partial charge is 0.465 e. The summed E-state index contributed by atoms with van der Waals surface area (Å²) in [6, 6.07) is 15.8. The summed E-state index contributed by atoms with van der Waals surface area (Å²) >= 11 is 0. The first-order valence-electron chi connectivity index (χ1n) is 10.4. The number of anilines is 1. The second-order valence-electron chi connectivity index (χ2n) is 8.49. The molecule has 6 heteroatoms. The van der Waals surface area contributed by atoms with Gasteiger partial charge in [0.2, 0.25) is 5.91 Å². The van der Waals surface area contributed by atoms with E-state index in [1.807, 2.05) is 42.5 Å². The third kappa shape index (κ3) is 4.24. The van der Waals surface area contributed by atoms with Crippen LogP contribution < -0.4 is 10.6 Å². The smallest absolute Gasteiger partial charge is 0.313 e. The fourth-order valence-corrected chi connectivity index (χ4v) is 4.70. The summed E-state index contributed by atoms with van der Waals surface area (Å²) in [5, 5.41) is 5.57. The lowest BCUT2D eigenvalue weighted by molar-refractivity contribution is -0.146. The number of cyclic esters (lactones) is 1. The Morgan fingerprint density at radius 2 is 1.87 bits per heavy atom. The van der Waals surface area contributed by atoms with Crippen LogP contribution in [0, 0.1) is 11.3 Å². The fourth-order valence-electron chi connectivity index (χ4n) is 4.70. The van der Waals surface area contributed by atoms with Gasteiger partial charge in [-0.15, -0.1) is 0 Å². The van der Waals surface area contributed by atoms with Gasteiger partial charge in [0.1, 0.15) is 6.04 Å². The number of rotatable bonds is 6. The minimum absolute atomic E-state index is 0.130. The minimum Gasteiger partial charge on any atom is -0.465 e. The summed E-state index contributed by atoms with van der Waals surface area (Å²) < 4.78 is 5.35. The molecule has 2 amide bonds. The highest BCUT2D eigenvalue weighted by molar-refractivity contribution is 5.97. The zero-order valence-corrected chi connectivity index (χ0v) is 17.5. The van der Waals surface area contributed by atoms with Crippen molar-refractivity contribution in [1.29, 1.82) is 0 Å². The van der Waals surface area contributed by atoms with Gasteiger partial charge in [-0.3, -0.25) is 14.4 Å². The van der Waals surface area contributed by atoms with Crippen molar-refractivity contribution in [2.24, 2.45) is 11.3 Å². The first kappa shape index (κ1) is 20.8. The van der Waals surface area contributed by atoms with Crippen molar-refractivity contribution < 1.29 is 19.1 Å². The molecule has 160 valence electrons. The normalized spacial score (nSPS) is 23.1. The summed E-state index contributed by atoms with van der Waals surface area (Å²) in [7, 11) is 0. The number of amides is 2. The van der Waals surface area contributed by atoms with E-state index < -0.39 is 11.5 Å². The number of hydrogen-bond acceptors (Lipinski definition) is 4. The summed E-state index contributed by atoms with van der Waals surface area (Å²) in [5.74, 6) is -0.542. The lowest BCUT2D eigenvalue weighted by Gasteiger charge is -2.24. The topological polar surface area (TPSA) is 84.5 Å². The zero-order chi connectivity index (χ0) is 22.0. The molecule has 3 atom stereocenters. The summed E-state index contributed by atoms with van der Waals surface area (Å²) in [6.45, 7) is 5.93.